The van der Waals surface area contributed by atoms with Gasteiger partial charge < -0.3 is 4.74 Å². The number of hydrogen-bond acceptors (Lipinski definition) is 4. The molecule has 0 saturated heterocycles. The van der Waals surface area contributed by atoms with Crippen molar-refractivity contribution in [1.82, 2.24) is 8.61 Å². The summed E-state index contributed by atoms with van der Waals surface area (Å²) in [6.07, 6.45) is 1.80. The quantitative estimate of drug-likeness (QED) is 0.557. The summed E-state index contributed by atoms with van der Waals surface area (Å²) in [6.45, 7) is 4.71. The van der Waals surface area contributed by atoms with E-state index in [2.05, 4.69) is 0 Å². The van der Waals surface area contributed by atoms with Crippen molar-refractivity contribution in [2.75, 3.05) is 26.7 Å². The molecule has 0 heterocycles. The van der Waals surface area contributed by atoms with Gasteiger partial charge in [0, 0.05) is 25.2 Å². The molecule has 0 N–H and O–H groups in total. The molecule has 0 atom stereocenters. The van der Waals surface area contributed by atoms with Gasteiger partial charge in [0.2, 0.25) is 0 Å². The van der Waals surface area contributed by atoms with Crippen molar-refractivity contribution in [2.45, 2.75) is 33.1 Å². The molecule has 0 aromatic heterocycles. The van der Waals surface area contributed by atoms with Crippen LogP contribution in [-0.4, -0.2) is 49.7 Å². The van der Waals surface area contributed by atoms with E-state index in [4.69, 9.17) is 4.74 Å². The van der Waals surface area contributed by atoms with Crippen molar-refractivity contribution in [3.8, 4) is 5.75 Å². The lowest BCUT2D eigenvalue weighted by Crippen LogP contribution is -2.48. The minimum Gasteiger partial charge on any atom is -0.497 e. The van der Waals surface area contributed by atoms with Crippen LogP contribution in [0.3, 0.4) is 0 Å². The smallest absolute Gasteiger partial charge is 0.306 e. The molecule has 0 radical (unpaired) electrons. The van der Waals surface area contributed by atoms with E-state index in [1.165, 1.54) is 4.31 Å². The van der Waals surface area contributed by atoms with Crippen LogP contribution in [0.15, 0.2) is 54.6 Å². The Morgan fingerprint density at radius 1 is 0.897 bits per heavy atom. The molecule has 0 spiro atoms. The minimum atomic E-state index is -3.93. The molecule has 1 amide bonds. The van der Waals surface area contributed by atoms with Gasteiger partial charge in [0.1, 0.15) is 5.75 Å². The maximum absolute atomic E-state index is 13.4. The van der Waals surface area contributed by atoms with Gasteiger partial charge in [0.25, 0.3) is 5.91 Å². The molecule has 0 fully saturated rings. The number of nitrogens with zero attached hydrogens (tertiary/aromatic N) is 2. The van der Waals surface area contributed by atoms with Gasteiger partial charge in [0.05, 0.1) is 7.11 Å². The monoisotopic (exact) mass is 418 g/mol. The Bertz CT molecular complexity index is 861. The summed E-state index contributed by atoms with van der Waals surface area (Å²) in [5, 5.41) is 0. The average molecular weight is 419 g/mol. The lowest BCUT2D eigenvalue weighted by molar-refractivity contribution is 0.0854. The van der Waals surface area contributed by atoms with Gasteiger partial charge in [-0.25, -0.2) is 4.31 Å². The highest BCUT2D eigenvalue weighted by Gasteiger charge is 2.33. The summed E-state index contributed by atoms with van der Waals surface area (Å²) in [6, 6.07) is 16.0. The van der Waals surface area contributed by atoms with Crippen LogP contribution in [0.25, 0.3) is 0 Å². The van der Waals surface area contributed by atoms with Gasteiger partial charge in [-0.3, -0.25) is 4.79 Å². The molecule has 0 saturated carbocycles. The first kappa shape index (κ1) is 22.9. The molecule has 0 aliphatic rings. The summed E-state index contributed by atoms with van der Waals surface area (Å²) >= 11 is 0. The Hall–Kier alpha value is -2.38. The zero-order chi connectivity index (χ0) is 21.3. The van der Waals surface area contributed by atoms with Crippen molar-refractivity contribution < 1.29 is 17.9 Å². The number of hydrogen-bond donors (Lipinski definition) is 0. The summed E-state index contributed by atoms with van der Waals surface area (Å²) < 4.78 is 34.3. The topological polar surface area (TPSA) is 66.9 Å². The molecule has 6 nitrogen and oxygen atoms in total. The number of carbonyl (C=O) groups excluding carboxylic acids is 1. The zero-order valence-corrected chi connectivity index (χ0v) is 18.2. The van der Waals surface area contributed by atoms with Crippen LogP contribution in [0.1, 0.15) is 42.6 Å². The normalized spacial score (nSPS) is 11.4. The van der Waals surface area contributed by atoms with E-state index in [-0.39, 0.29) is 6.54 Å². The minimum absolute atomic E-state index is 0.0757. The van der Waals surface area contributed by atoms with E-state index in [1.54, 1.807) is 37.4 Å². The molecule has 2 aromatic carbocycles. The Labute approximate surface area is 174 Å². The molecule has 0 unspecified atom stereocenters. The van der Waals surface area contributed by atoms with E-state index < -0.39 is 16.1 Å². The molecule has 2 rings (SSSR count). The maximum atomic E-state index is 13.4. The van der Waals surface area contributed by atoms with Crippen LogP contribution in [0.5, 0.6) is 5.75 Å². The number of rotatable bonds is 11. The molecule has 0 aliphatic carbocycles. The number of amides is 1. The lowest BCUT2D eigenvalue weighted by atomic mass is 10.1. The van der Waals surface area contributed by atoms with Gasteiger partial charge >= 0.3 is 10.2 Å². The van der Waals surface area contributed by atoms with Crippen molar-refractivity contribution in [3.63, 3.8) is 0 Å². The van der Waals surface area contributed by atoms with Crippen LogP contribution in [0.4, 0.5) is 0 Å². The molecule has 29 heavy (non-hydrogen) atoms. The third-order valence-electron chi connectivity index (χ3n) is 4.56. The summed E-state index contributed by atoms with van der Waals surface area (Å²) in [5.74, 6) is 0.229. The van der Waals surface area contributed by atoms with Gasteiger partial charge in [0.15, 0.2) is 0 Å². The molecular formula is C22H30N2O4S. The van der Waals surface area contributed by atoms with Crippen molar-refractivity contribution in [3.05, 3.63) is 65.7 Å². The van der Waals surface area contributed by atoms with E-state index in [9.17, 15) is 13.2 Å². The SMILES string of the molecule is CCCN(CCC)S(=O)(=O)N(CCc1ccc(OC)cc1)C(=O)c1ccccc1. The predicted octanol–water partition coefficient (Wildman–Crippen LogP) is 3.75. The number of methoxy groups -OCH3 is 1. The molecule has 2 aromatic rings. The fraction of sp³-hybridized carbons (Fsp3) is 0.409. The molecule has 7 heteroatoms. The van der Waals surface area contributed by atoms with Crippen molar-refractivity contribution in [2.24, 2.45) is 0 Å². The first-order valence-corrected chi connectivity index (χ1v) is 11.3. The van der Waals surface area contributed by atoms with Gasteiger partial charge in [-0.1, -0.05) is 44.2 Å². The van der Waals surface area contributed by atoms with E-state index >= 15 is 0 Å². The fourth-order valence-corrected chi connectivity index (χ4v) is 4.79. The maximum Gasteiger partial charge on any atom is 0.306 e. The fourth-order valence-electron chi connectivity index (χ4n) is 3.05. The van der Waals surface area contributed by atoms with Gasteiger partial charge in [-0.15, -0.1) is 0 Å². The summed E-state index contributed by atoms with van der Waals surface area (Å²) in [5.41, 5.74) is 1.29. The van der Waals surface area contributed by atoms with Crippen LogP contribution >= 0.6 is 0 Å². The molecular weight excluding hydrogens is 388 g/mol. The molecule has 0 bridgehead atoms. The predicted molar refractivity (Wildman–Crippen MR) is 115 cm³/mol. The molecule has 0 aliphatic heterocycles. The Balaban J connectivity index is 2.32. The van der Waals surface area contributed by atoms with Crippen molar-refractivity contribution in [1.29, 1.82) is 0 Å². The Morgan fingerprint density at radius 3 is 2.00 bits per heavy atom. The first-order chi connectivity index (χ1) is 13.9. The highest BCUT2D eigenvalue weighted by atomic mass is 32.2. The van der Waals surface area contributed by atoms with Crippen LogP contribution in [0, 0.1) is 0 Å². The summed E-state index contributed by atoms with van der Waals surface area (Å²) in [4.78, 5) is 13.1. The van der Waals surface area contributed by atoms with Crippen molar-refractivity contribution >= 4 is 16.1 Å². The molecule has 158 valence electrons. The third kappa shape index (κ3) is 6.05. The Morgan fingerprint density at radius 2 is 1.48 bits per heavy atom. The largest absolute Gasteiger partial charge is 0.497 e. The lowest BCUT2D eigenvalue weighted by Gasteiger charge is -2.30. The Kier molecular flexibility index (Phi) is 8.67. The number of ether oxygens (including phenoxy) is 1. The average Bonchev–Trinajstić information content (AvgIpc) is 2.74. The second kappa shape index (κ2) is 11.0. The van der Waals surface area contributed by atoms with Crippen LogP contribution < -0.4 is 4.74 Å². The standard InChI is InChI=1S/C22H30N2O4S/c1-4-16-23(17-5-2)29(26,27)24(22(25)20-9-7-6-8-10-20)18-15-19-11-13-21(28-3)14-12-19/h6-14H,4-5,15-18H2,1-3H3. The highest BCUT2D eigenvalue weighted by molar-refractivity contribution is 7.87. The van der Waals surface area contributed by atoms with E-state index in [0.717, 1.165) is 15.6 Å². The second-order valence-corrected chi connectivity index (χ2v) is 8.60. The first-order valence-electron chi connectivity index (χ1n) is 9.94. The van der Waals surface area contributed by atoms with Crippen LogP contribution in [-0.2, 0) is 16.6 Å². The highest BCUT2D eigenvalue weighted by Crippen LogP contribution is 2.17. The van der Waals surface area contributed by atoms with E-state index in [1.807, 2.05) is 38.1 Å². The van der Waals surface area contributed by atoms with Crippen LogP contribution in [0.2, 0.25) is 0 Å². The summed E-state index contributed by atoms with van der Waals surface area (Å²) in [7, 11) is -2.33. The zero-order valence-electron chi connectivity index (χ0n) is 17.4. The number of carbonyl (C=O) groups is 1. The second-order valence-electron chi connectivity index (χ2n) is 6.75. The van der Waals surface area contributed by atoms with E-state index in [0.29, 0.717) is 37.9 Å². The number of benzene rings is 2. The van der Waals surface area contributed by atoms with Gasteiger partial charge in [-0.2, -0.15) is 12.7 Å². The van der Waals surface area contributed by atoms with Gasteiger partial charge in [-0.05, 0) is 49.1 Å². The third-order valence-corrected chi connectivity index (χ3v) is 6.48.